The summed E-state index contributed by atoms with van der Waals surface area (Å²) < 4.78 is 13.6. The summed E-state index contributed by atoms with van der Waals surface area (Å²) in [4.78, 5) is 0. The highest BCUT2D eigenvalue weighted by atomic mass is 35.5. The van der Waals surface area contributed by atoms with Crippen LogP contribution in [0.4, 0.5) is 0 Å². The van der Waals surface area contributed by atoms with Crippen molar-refractivity contribution >= 4 is 23.2 Å². The minimum absolute atomic E-state index is 0.203. The molecule has 0 saturated carbocycles. The molecule has 0 radical (unpaired) electrons. The van der Waals surface area contributed by atoms with Gasteiger partial charge in [0.05, 0.1) is 34.5 Å². The van der Waals surface area contributed by atoms with E-state index < -0.39 is 18.4 Å². The number of benzene rings is 1. The molecule has 2 aliphatic heterocycles. The molecule has 0 amide bonds. The molecule has 26 heavy (non-hydrogen) atoms. The van der Waals surface area contributed by atoms with E-state index in [-0.39, 0.29) is 12.1 Å². The molecule has 6 nitrogen and oxygen atoms in total. The van der Waals surface area contributed by atoms with E-state index in [2.05, 4.69) is 10.4 Å². The van der Waals surface area contributed by atoms with Crippen LogP contribution in [0.3, 0.4) is 0 Å². The summed E-state index contributed by atoms with van der Waals surface area (Å²) in [5.74, 6) is 0. The Kier molecular flexibility index (Phi) is 4.98. The van der Waals surface area contributed by atoms with Crippen LogP contribution in [0.15, 0.2) is 24.3 Å². The number of ether oxygens (including phenoxy) is 2. The van der Waals surface area contributed by atoms with Gasteiger partial charge in [0.2, 0.25) is 0 Å². The zero-order valence-corrected chi connectivity index (χ0v) is 16.0. The number of hydrogen-bond donors (Lipinski definition) is 2. The maximum absolute atomic E-state index is 11.0. The zero-order chi connectivity index (χ0) is 18.4. The molecule has 1 aromatic heterocycles. The van der Waals surface area contributed by atoms with Crippen LogP contribution in [0.25, 0.3) is 0 Å². The summed E-state index contributed by atoms with van der Waals surface area (Å²) in [5.41, 5.74) is 2.85. The summed E-state index contributed by atoms with van der Waals surface area (Å²) in [5, 5.41) is 20.0. The van der Waals surface area contributed by atoms with Gasteiger partial charge in [-0.25, -0.2) is 0 Å². The molecule has 2 N–H and O–H groups in total. The van der Waals surface area contributed by atoms with E-state index in [0.29, 0.717) is 23.2 Å². The number of halogens is 2. The van der Waals surface area contributed by atoms with E-state index in [1.807, 2.05) is 32.0 Å². The van der Waals surface area contributed by atoms with Gasteiger partial charge in [-0.2, -0.15) is 5.10 Å². The molecule has 0 aliphatic carbocycles. The van der Waals surface area contributed by atoms with Crippen LogP contribution in [0.2, 0.25) is 10.0 Å². The molecule has 0 spiro atoms. The predicted molar refractivity (Wildman–Crippen MR) is 98.4 cm³/mol. The zero-order valence-electron chi connectivity index (χ0n) is 14.5. The summed E-state index contributed by atoms with van der Waals surface area (Å²) in [6, 6.07) is 6.79. The lowest BCUT2D eigenvalue weighted by atomic mass is 9.95. The molecular weight excluding hydrogens is 377 g/mol. The number of rotatable bonds is 4. The maximum Gasteiger partial charge on any atom is 0.183 e. The topological polar surface area (TPSA) is 68.5 Å². The Balaban J connectivity index is 1.54. The lowest BCUT2D eigenvalue weighted by Gasteiger charge is -2.39. The Labute approximate surface area is 162 Å². The SMILES string of the molecule is Cc1cc(C)n(C2C3OCC(O3)C(NCc3ccc(Cl)c(Cl)c3)C2O)n1. The number of fused-ring (bicyclic) bond motifs is 2. The van der Waals surface area contributed by atoms with Gasteiger partial charge in [-0.05, 0) is 37.6 Å². The minimum atomic E-state index is -0.693. The van der Waals surface area contributed by atoms with E-state index in [1.165, 1.54) is 0 Å². The van der Waals surface area contributed by atoms with E-state index in [9.17, 15) is 5.11 Å². The average Bonchev–Trinajstić information content (AvgIpc) is 3.16. The first-order chi connectivity index (χ1) is 12.4. The van der Waals surface area contributed by atoms with Crippen molar-refractivity contribution in [2.24, 2.45) is 0 Å². The summed E-state index contributed by atoms with van der Waals surface area (Å²) >= 11 is 12.1. The quantitative estimate of drug-likeness (QED) is 0.829. The molecule has 4 rings (SSSR count). The van der Waals surface area contributed by atoms with Crippen molar-refractivity contribution in [2.75, 3.05) is 6.61 Å². The first-order valence-corrected chi connectivity index (χ1v) is 9.35. The molecule has 3 heterocycles. The van der Waals surface area contributed by atoms with Gasteiger partial charge in [0.1, 0.15) is 12.1 Å². The van der Waals surface area contributed by atoms with Crippen LogP contribution < -0.4 is 5.32 Å². The molecule has 2 aromatic rings. The lowest BCUT2D eigenvalue weighted by molar-refractivity contribution is -0.168. The standard InChI is InChI=1S/C18H21Cl2N3O3/c1-9-5-10(2)23(22-9)16-17(24)15(14-8-25-18(16)26-14)21-7-11-3-4-12(19)13(20)6-11/h3-6,14-18,21,24H,7-8H2,1-2H3. The number of aromatic nitrogens is 2. The molecule has 5 atom stereocenters. The fraction of sp³-hybridized carbons (Fsp3) is 0.500. The Bertz CT molecular complexity index is 813. The highest BCUT2D eigenvalue weighted by Crippen LogP contribution is 2.36. The van der Waals surface area contributed by atoms with E-state index in [4.69, 9.17) is 32.7 Å². The molecule has 140 valence electrons. The van der Waals surface area contributed by atoms with Crippen LogP contribution >= 0.6 is 23.2 Å². The van der Waals surface area contributed by atoms with E-state index >= 15 is 0 Å². The first kappa shape index (κ1) is 18.2. The number of hydrogen-bond acceptors (Lipinski definition) is 5. The number of aliphatic hydroxyl groups is 1. The smallest absolute Gasteiger partial charge is 0.183 e. The Morgan fingerprint density at radius 3 is 2.77 bits per heavy atom. The summed E-state index contributed by atoms with van der Waals surface area (Å²) in [6.45, 7) is 4.87. The average molecular weight is 398 g/mol. The predicted octanol–water partition coefficient (Wildman–Crippen LogP) is 2.62. The van der Waals surface area contributed by atoms with Gasteiger partial charge < -0.3 is 19.9 Å². The molecule has 5 unspecified atom stereocenters. The second-order valence-electron chi connectivity index (χ2n) is 6.88. The van der Waals surface area contributed by atoms with Crippen molar-refractivity contribution in [1.29, 1.82) is 0 Å². The Morgan fingerprint density at radius 2 is 2.08 bits per heavy atom. The third kappa shape index (κ3) is 3.26. The monoisotopic (exact) mass is 397 g/mol. The Morgan fingerprint density at radius 1 is 1.27 bits per heavy atom. The fourth-order valence-corrected chi connectivity index (χ4v) is 4.07. The highest BCUT2D eigenvalue weighted by Gasteiger charge is 2.51. The Hall–Kier alpha value is -1.15. The van der Waals surface area contributed by atoms with Crippen LogP contribution in [0.1, 0.15) is 23.0 Å². The largest absolute Gasteiger partial charge is 0.389 e. The van der Waals surface area contributed by atoms with Crippen molar-refractivity contribution in [1.82, 2.24) is 15.1 Å². The van der Waals surface area contributed by atoms with Crippen LogP contribution in [-0.4, -0.2) is 46.0 Å². The molecule has 2 bridgehead atoms. The molecule has 8 heteroatoms. The van der Waals surface area contributed by atoms with Gasteiger partial charge in [0.15, 0.2) is 6.29 Å². The number of nitrogens with zero attached hydrogens (tertiary/aromatic N) is 2. The van der Waals surface area contributed by atoms with Gasteiger partial charge in [0, 0.05) is 12.2 Å². The van der Waals surface area contributed by atoms with Crippen molar-refractivity contribution < 1.29 is 14.6 Å². The molecule has 2 aliphatic rings. The van der Waals surface area contributed by atoms with Crippen molar-refractivity contribution in [3.8, 4) is 0 Å². The summed E-state index contributed by atoms with van der Waals surface area (Å²) in [7, 11) is 0. The number of aliphatic hydroxyl groups excluding tert-OH is 1. The normalized spacial score (nSPS) is 30.7. The first-order valence-electron chi connectivity index (χ1n) is 8.59. The van der Waals surface area contributed by atoms with Crippen molar-refractivity contribution in [3.05, 3.63) is 51.3 Å². The summed E-state index contributed by atoms with van der Waals surface area (Å²) in [6.07, 6.45) is -1.39. The van der Waals surface area contributed by atoms with Crippen molar-refractivity contribution in [2.45, 2.75) is 51.0 Å². The third-order valence-electron chi connectivity index (χ3n) is 4.98. The van der Waals surface area contributed by atoms with E-state index in [1.54, 1.807) is 10.7 Å². The van der Waals surface area contributed by atoms with Gasteiger partial charge in [-0.15, -0.1) is 0 Å². The molecule has 2 fully saturated rings. The number of aryl methyl sites for hydroxylation is 2. The molecular formula is C18H21Cl2N3O3. The minimum Gasteiger partial charge on any atom is -0.389 e. The third-order valence-corrected chi connectivity index (χ3v) is 5.72. The fourth-order valence-electron chi connectivity index (χ4n) is 3.75. The van der Waals surface area contributed by atoms with Gasteiger partial charge >= 0.3 is 0 Å². The van der Waals surface area contributed by atoms with Gasteiger partial charge in [-0.3, -0.25) is 4.68 Å². The maximum atomic E-state index is 11.0. The second kappa shape index (κ2) is 7.11. The van der Waals surface area contributed by atoms with Gasteiger partial charge in [0.25, 0.3) is 0 Å². The molecule has 2 saturated heterocycles. The lowest BCUT2D eigenvalue weighted by Crippen LogP contribution is -2.57. The van der Waals surface area contributed by atoms with Crippen molar-refractivity contribution in [3.63, 3.8) is 0 Å². The van der Waals surface area contributed by atoms with Crippen LogP contribution in [-0.2, 0) is 16.0 Å². The van der Waals surface area contributed by atoms with Gasteiger partial charge in [-0.1, -0.05) is 29.3 Å². The highest BCUT2D eigenvalue weighted by molar-refractivity contribution is 6.42. The second-order valence-corrected chi connectivity index (χ2v) is 7.70. The number of nitrogens with one attached hydrogen (secondary N) is 1. The van der Waals surface area contributed by atoms with E-state index in [0.717, 1.165) is 17.0 Å². The van der Waals surface area contributed by atoms with Crippen LogP contribution in [0.5, 0.6) is 0 Å². The molecule has 1 aromatic carbocycles. The van der Waals surface area contributed by atoms with Crippen LogP contribution in [0, 0.1) is 13.8 Å².